The van der Waals surface area contributed by atoms with Crippen LogP contribution in [0, 0.1) is 17.4 Å². The van der Waals surface area contributed by atoms with Crippen LogP contribution in [0.25, 0.3) is 0 Å². The van der Waals surface area contributed by atoms with Crippen LogP contribution < -0.4 is 0 Å². The normalized spacial score (nSPS) is 21.2. The van der Waals surface area contributed by atoms with E-state index in [0.29, 0.717) is 12.3 Å². The lowest BCUT2D eigenvalue weighted by atomic mass is 9.92. The van der Waals surface area contributed by atoms with Crippen molar-refractivity contribution in [2.75, 3.05) is 19.7 Å². The molecule has 0 radical (unpaired) electrons. The summed E-state index contributed by atoms with van der Waals surface area (Å²) in [7, 11) is 0. The van der Waals surface area contributed by atoms with E-state index in [4.69, 9.17) is 10.4 Å². The zero-order chi connectivity index (χ0) is 9.68. The maximum atomic E-state index is 12.8. The van der Waals surface area contributed by atoms with E-state index < -0.39 is 6.17 Å². The Morgan fingerprint density at radius 1 is 1.54 bits per heavy atom. The van der Waals surface area contributed by atoms with E-state index in [0.717, 1.165) is 25.9 Å². The topological polar surface area (TPSA) is 47.3 Å². The highest BCUT2D eigenvalue weighted by atomic mass is 19.1. The van der Waals surface area contributed by atoms with Crippen molar-refractivity contribution in [1.29, 1.82) is 5.26 Å². The summed E-state index contributed by atoms with van der Waals surface area (Å²) in [5, 5.41) is 17.1. The summed E-state index contributed by atoms with van der Waals surface area (Å²) in [4.78, 5) is 1.70. The number of nitrogens with zero attached hydrogens (tertiary/aromatic N) is 2. The third-order valence-corrected chi connectivity index (χ3v) is 2.54. The third kappa shape index (κ3) is 3.19. The maximum Gasteiger partial charge on any atom is 0.179 e. The number of rotatable bonds is 3. The number of aliphatic hydroxyl groups excluding tert-OH is 1. The summed E-state index contributed by atoms with van der Waals surface area (Å²) < 4.78 is 12.8. The van der Waals surface area contributed by atoms with Crippen molar-refractivity contribution < 1.29 is 9.50 Å². The fraction of sp³-hybridized carbons (Fsp3) is 0.889. The van der Waals surface area contributed by atoms with Gasteiger partial charge < -0.3 is 10.0 Å². The lowest BCUT2D eigenvalue weighted by molar-refractivity contribution is 0.133. The lowest BCUT2D eigenvalue weighted by Gasteiger charge is -2.28. The van der Waals surface area contributed by atoms with E-state index in [1.165, 1.54) is 0 Å². The maximum absolute atomic E-state index is 12.8. The fourth-order valence-electron chi connectivity index (χ4n) is 1.70. The molecular weight excluding hydrogens is 171 g/mol. The molecule has 1 unspecified atom stereocenters. The second-order valence-corrected chi connectivity index (χ2v) is 3.55. The number of halogens is 1. The molecule has 74 valence electrons. The molecule has 1 aliphatic heterocycles. The van der Waals surface area contributed by atoms with Gasteiger partial charge >= 0.3 is 0 Å². The van der Waals surface area contributed by atoms with Gasteiger partial charge in [0.2, 0.25) is 0 Å². The van der Waals surface area contributed by atoms with Crippen LogP contribution in [0.2, 0.25) is 0 Å². The lowest BCUT2D eigenvalue weighted by Crippen LogP contribution is -2.31. The Kier molecular flexibility index (Phi) is 3.97. The number of likely N-dealkylation sites (tertiary alicyclic amines) is 1. The average molecular weight is 186 g/mol. The van der Waals surface area contributed by atoms with Crippen molar-refractivity contribution in [1.82, 2.24) is 4.90 Å². The monoisotopic (exact) mass is 186 g/mol. The van der Waals surface area contributed by atoms with Crippen LogP contribution in [-0.4, -0.2) is 35.9 Å². The Labute approximate surface area is 77.8 Å². The molecule has 0 spiro atoms. The second kappa shape index (κ2) is 5.03. The molecule has 0 saturated carbocycles. The van der Waals surface area contributed by atoms with Gasteiger partial charge in [-0.25, -0.2) is 4.39 Å². The number of aliphatic hydroxyl groups is 1. The number of piperidine rings is 1. The average Bonchev–Trinajstić information content (AvgIpc) is 2.19. The Morgan fingerprint density at radius 3 is 2.62 bits per heavy atom. The number of alkyl halides is 1. The minimum Gasteiger partial charge on any atom is -0.393 e. The van der Waals surface area contributed by atoms with E-state index in [1.54, 1.807) is 4.90 Å². The van der Waals surface area contributed by atoms with E-state index >= 15 is 0 Å². The van der Waals surface area contributed by atoms with Gasteiger partial charge in [0.25, 0.3) is 0 Å². The molecule has 0 aliphatic carbocycles. The van der Waals surface area contributed by atoms with Gasteiger partial charge in [0.1, 0.15) is 6.17 Å². The second-order valence-electron chi connectivity index (χ2n) is 3.55. The van der Waals surface area contributed by atoms with Crippen molar-refractivity contribution in [3.8, 4) is 6.19 Å². The predicted octanol–water partition coefficient (Wildman–Crippen LogP) is 0.900. The molecule has 1 fully saturated rings. The Bertz CT molecular complexity index is 185. The first-order valence-corrected chi connectivity index (χ1v) is 4.66. The van der Waals surface area contributed by atoms with Gasteiger partial charge in [0, 0.05) is 13.1 Å². The molecule has 1 atom stereocenters. The molecule has 0 aromatic carbocycles. The minimum atomic E-state index is -1.08. The van der Waals surface area contributed by atoms with Crippen LogP contribution in [-0.2, 0) is 0 Å². The number of hydrogen-bond acceptors (Lipinski definition) is 3. The summed E-state index contributed by atoms with van der Waals surface area (Å²) in [6.45, 7) is 1.09. The standard InChI is InChI=1S/C9H15FN2O/c10-9(6-13)5-8-1-3-12(7-11)4-2-8/h8-9,13H,1-6H2. The summed E-state index contributed by atoms with van der Waals surface area (Å²) in [6.07, 6.45) is 3.18. The molecule has 0 aromatic rings. The van der Waals surface area contributed by atoms with Crippen molar-refractivity contribution in [3.05, 3.63) is 0 Å². The molecule has 1 aliphatic rings. The smallest absolute Gasteiger partial charge is 0.179 e. The summed E-state index contributed by atoms with van der Waals surface area (Å²) in [6, 6.07) is 0. The van der Waals surface area contributed by atoms with Gasteiger partial charge in [0.05, 0.1) is 6.61 Å². The summed E-state index contributed by atoms with van der Waals surface area (Å²) in [5.74, 6) is 0.340. The first kappa shape index (κ1) is 10.3. The molecular formula is C9H15FN2O. The van der Waals surface area contributed by atoms with Crippen molar-refractivity contribution in [3.63, 3.8) is 0 Å². The Hall–Kier alpha value is -0.820. The molecule has 1 rings (SSSR count). The molecule has 0 amide bonds. The van der Waals surface area contributed by atoms with Crippen LogP contribution >= 0.6 is 0 Å². The van der Waals surface area contributed by atoms with Crippen LogP contribution in [0.3, 0.4) is 0 Å². The summed E-state index contributed by atoms with van der Waals surface area (Å²) >= 11 is 0. The molecule has 1 heterocycles. The van der Waals surface area contributed by atoms with E-state index in [9.17, 15) is 4.39 Å². The first-order valence-electron chi connectivity index (χ1n) is 4.66. The molecule has 1 N–H and O–H groups in total. The van der Waals surface area contributed by atoms with E-state index in [-0.39, 0.29) is 6.61 Å². The van der Waals surface area contributed by atoms with Gasteiger partial charge in [-0.05, 0) is 25.2 Å². The van der Waals surface area contributed by atoms with Gasteiger partial charge in [-0.15, -0.1) is 0 Å². The number of hydrogen-bond donors (Lipinski definition) is 1. The van der Waals surface area contributed by atoms with Crippen LogP contribution in [0.1, 0.15) is 19.3 Å². The third-order valence-electron chi connectivity index (χ3n) is 2.54. The SMILES string of the molecule is N#CN1CCC(CC(F)CO)CC1. The predicted molar refractivity (Wildman–Crippen MR) is 46.5 cm³/mol. The molecule has 13 heavy (non-hydrogen) atoms. The fourth-order valence-corrected chi connectivity index (χ4v) is 1.70. The van der Waals surface area contributed by atoms with Gasteiger partial charge in [-0.1, -0.05) is 0 Å². The molecule has 1 saturated heterocycles. The van der Waals surface area contributed by atoms with Crippen LogP contribution in [0.5, 0.6) is 0 Å². The molecule has 3 nitrogen and oxygen atoms in total. The summed E-state index contributed by atoms with van der Waals surface area (Å²) in [5.41, 5.74) is 0. The highest BCUT2D eigenvalue weighted by molar-refractivity contribution is 4.81. The highest BCUT2D eigenvalue weighted by Crippen LogP contribution is 2.22. The molecule has 4 heteroatoms. The van der Waals surface area contributed by atoms with Gasteiger partial charge in [-0.2, -0.15) is 5.26 Å². The van der Waals surface area contributed by atoms with E-state index in [1.807, 2.05) is 0 Å². The Morgan fingerprint density at radius 2 is 2.15 bits per heavy atom. The minimum absolute atomic E-state index is 0.340. The van der Waals surface area contributed by atoms with Crippen LogP contribution in [0.4, 0.5) is 4.39 Å². The van der Waals surface area contributed by atoms with E-state index in [2.05, 4.69) is 6.19 Å². The van der Waals surface area contributed by atoms with Crippen molar-refractivity contribution in [2.24, 2.45) is 5.92 Å². The highest BCUT2D eigenvalue weighted by Gasteiger charge is 2.21. The van der Waals surface area contributed by atoms with Crippen LogP contribution in [0.15, 0.2) is 0 Å². The first-order chi connectivity index (χ1) is 6.26. The Balaban J connectivity index is 2.22. The van der Waals surface area contributed by atoms with Gasteiger partial charge in [-0.3, -0.25) is 0 Å². The largest absolute Gasteiger partial charge is 0.393 e. The zero-order valence-corrected chi connectivity index (χ0v) is 7.62. The molecule has 0 aromatic heterocycles. The van der Waals surface area contributed by atoms with Crippen molar-refractivity contribution >= 4 is 0 Å². The van der Waals surface area contributed by atoms with Gasteiger partial charge in [0.15, 0.2) is 6.19 Å². The number of nitriles is 1. The quantitative estimate of drug-likeness (QED) is 0.666. The molecule has 0 bridgehead atoms. The zero-order valence-electron chi connectivity index (χ0n) is 7.62. The van der Waals surface area contributed by atoms with Crippen molar-refractivity contribution in [2.45, 2.75) is 25.4 Å².